The number of hydrogen-bond donors (Lipinski definition) is 4. The Hall–Kier alpha value is -1.21. The van der Waals surface area contributed by atoms with Crippen LogP contribution in [0.25, 0.3) is 0 Å². The van der Waals surface area contributed by atoms with Gasteiger partial charge in [0.2, 0.25) is 0 Å². The third kappa shape index (κ3) is 6.55. The molecule has 3 rings (SSSR count). The first-order valence-electron chi connectivity index (χ1n) is 9.63. The molecular weight excluding hydrogens is 332 g/mol. The van der Waals surface area contributed by atoms with Gasteiger partial charge in [-0.2, -0.15) is 0 Å². The Morgan fingerprint density at radius 2 is 1.76 bits per heavy atom. The molecular formula is C19H32N4OS+2. The highest BCUT2D eigenvalue weighted by molar-refractivity contribution is 7.80. The largest absolute Gasteiger partial charge is 0.370 e. The SMILES string of the molecule is S=C(NCC[NH+]1CCOCC1)NC1CC[NH+](Cc2ccccc2)CC1. The topological polar surface area (TPSA) is 42.2 Å². The first kappa shape index (κ1) is 18.6. The van der Waals surface area contributed by atoms with Crippen LogP contribution >= 0.6 is 12.2 Å². The quantitative estimate of drug-likeness (QED) is 0.470. The Bertz CT molecular complexity index is 513. The minimum atomic E-state index is 0.523. The molecule has 0 unspecified atom stereocenters. The van der Waals surface area contributed by atoms with Crippen LogP contribution in [0.5, 0.6) is 0 Å². The second-order valence-corrected chi connectivity index (χ2v) is 7.61. The van der Waals surface area contributed by atoms with Crippen molar-refractivity contribution in [1.82, 2.24) is 10.6 Å². The van der Waals surface area contributed by atoms with Crippen molar-refractivity contribution in [1.29, 1.82) is 0 Å². The zero-order chi connectivity index (χ0) is 17.3. The zero-order valence-corrected chi connectivity index (χ0v) is 15.9. The van der Waals surface area contributed by atoms with Crippen molar-refractivity contribution in [3.63, 3.8) is 0 Å². The average Bonchev–Trinajstić information content (AvgIpc) is 2.65. The van der Waals surface area contributed by atoms with Gasteiger partial charge in [0.1, 0.15) is 19.6 Å². The molecule has 4 N–H and O–H groups in total. The third-order valence-corrected chi connectivity index (χ3v) is 5.55. The molecule has 1 aromatic rings. The second kappa shape index (κ2) is 10.1. The van der Waals surface area contributed by atoms with E-state index < -0.39 is 0 Å². The maximum Gasteiger partial charge on any atom is 0.166 e. The number of nitrogens with one attached hydrogen (secondary N) is 4. The van der Waals surface area contributed by atoms with Gasteiger partial charge in [-0.3, -0.25) is 0 Å². The molecule has 0 spiro atoms. The Morgan fingerprint density at radius 3 is 2.48 bits per heavy atom. The van der Waals surface area contributed by atoms with E-state index in [9.17, 15) is 0 Å². The van der Waals surface area contributed by atoms with E-state index >= 15 is 0 Å². The molecule has 0 bridgehead atoms. The van der Waals surface area contributed by atoms with Crippen molar-refractivity contribution < 1.29 is 14.5 Å². The van der Waals surface area contributed by atoms with Crippen molar-refractivity contribution in [3.05, 3.63) is 35.9 Å². The summed E-state index contributed by atoms with van der Waals surface area (Å²) in [6.07, 6.45) is 2.39. The minimum Gasteiger partial charge on any atom is -0.370 e. The first-order valence-corrected chi connectivity index (χ1v) is 10.0. The van der Waals surface area contributed by atoms with Crippen molar-refractivity contribution in [2.24, 2.45) is 0 Å². The van der Waals surface area contributed by atoms with Gasteiger partial charge in [-0.15, -0.1) is 0 Å². The predicted octanol–water partition coefficient (Wildman–Crippen LogP) is -1.39. The fraction of sp³-hybridized carbons (Fsp3) is 0.632. The van der Waals surface area contributed by atoms with Gasteiger partial charge in [-0.1, -0.05) is 30.3 Å². The average molecular weight is 365 g/mol. The summed E-state index contributed by atoms with van der Waals surface area (Å²) in [5.74, 6) is 0. The standard InChI is InChI=1S/C19H30N4OS/c25-19(20-8-11-22-12-14-24-15-13-22)21-18-6-9-23(10-7-18)16-17-4-2-1-3-5-17/h1-5,18H,6-16H2,(H2,20,21,25)/p+2. The van der Waals surface area contributed by atoms with E-state index in [-0.39, 0.29) is 0 Å². The lowest BCUT2D eigenvalue weighted by molar-refractivity contribution is -0.918. The minimum absolute atomic E-state index is 0.523. The summed E-state index contributed by atoms with van der Waals surface area (Å²) < 4.78 is 5.39. The molecule has 5 nitrogen and oxygen atoms in total. The molecule has 1 aromatic carbocycles. The fourth-order valence-corrected chi connectivity index (χ4v) is 4.00. The zero-order valence-electron chi connectivity index (χ0n) is 15.1. The van der Waals surface area contributed by atoms with Crippen LogP contribution in [0.3, 0.4) is 0 Å². The smallest absolute Gasteiger partial charge is 0.166 e. The number of likely N-dealkylation sites (tertiary alicyclic amines) is 1. The highest BCUT2D eigenvalue weighted by Gasteiger charge is 2.22. The van der Waals surface area contributed by atoms with Gasteiger partial charge in [0.15, 0.2) is 5.11 Å². The molecule has 2 heterocycles. The monoisotopic (exact) mass is 364 g/mol. The molecule has 2 fully saturated rings. The van der Waals surface area contributed by atoms with Crippen LogP contribution in [-0.4, -0.2) is 63.6 Å². The van der Waals surface area contributed by atoms with E-state index in [2.05, 4.69) is 41.0 Å². The lowest BCUT2D eigenvalue weighted by Gasteiger charge is -2.30. The van der Waals surface area contributed by atoms with E-state index in [0.717, 1.165) is 51.0 Å². The number of ether oxygens (including phenoxy) is 1. The number of quaternary nitrogens is 2. The number of benzene rings is 1. The van der Waals surface area contributed by atoms with Gasteiger partial charge in [-0.05, 0) is 12.2 Å². The van der Waals surface area contributed by atoms with Crippen molar-refractivity contribution in [2.45, 2.75) is 25.4 Å². The van der Waals surface area contributed by atoms with Crippen molar-refractivity contribution in [2.75, 3.05) is 52.5 Å². The summed E-state index contributed by atoms with van der Waals surface area (Å²) >= 11 is 5.47. The lowest BCUT2D eigenvalue weighted by Crippen LogP contribution is -3.14. The van der Waals surface area contributed by atoms with E-state index in [1.54, 1.807) is 9.80 Å². The number of thiocarbonyl (C=S) groups is 1. The van der Waals surface area contributed by atoms with Gasteiger partial charge in [0, 0.05) is 24.4 Å². The maximum absolute atomic E-state index is 5.47. The van der Waals surface area contributed by atoms with Gasteiger partial charge in [0.25, 0.3) is 0 Å². The Labute approximate surface area is 156 Å². The summed E-state index contributed by atoms with van der Waals surface area (Å²) in [7, 11) is 0. The van der Waals surface area contributed by atoms with Crippen LogP contribution in [0.1, 0.15) is 18.4 Å². The summed E-state index contributed by atoms with van der Waals surface area (Å²) in [6.45, 7) is 9.64. The summed E-state index contributed by atoms with van der Waals surface area (Å²) in [5.41, 5.74) is 1.44. The Morgan fingerprint density at radius 1 is 1.04 bits per heavy atom. The van der Waals surface area contributed by atoms with Crippen LogP contribution in [0.4, 0.5) is 0 Å². The Balaban J connectivity index is 1.28. The molecule has 2 saturated heterocycles. The fourth-order valence-electron chi connectivity index (χ4n) is 3.73. The lowest BCUT2D eigenvalue weighted by atomic mass is 10.0. The highest BCUT2D eigenvalue weighted by atomic mass is 32.1. The summed E-state index contributed by atoms with van der Waals surface area (Å²) in [6, 6.07) is 11.3. The molecule has 0 radical (unpaired) electrons. The van der Waals surface area contributed by atoms with Crippen LogP contribution in [0.2, 0.25) is 0 Å². The normalized spacial score (nSPS) is 24.6. The molecule has 2 aliphatic heterocycles. The molecule has 0 atom stereocenters. The van der Waals surface area contributed by atoms with Crippen LogP contribution in [0.15, 0.2) is 30.3 Å². The van der Waals surface area contributed by atoms with Crippen LogP contribution < -0.4 is 20.4 Å². The van der Waals surface area contributed by atoms with Crippen molar-refractivity contribution in [3.8, 4) is 0 Å². The number of piperidine rings is 1. The number of hydrogen-bond acceptors (Lipinski definition) is 2. The predicted molar refractivity (Wildman–Crippen MR) is 104 cm³/mol. The van der Waals surface area contributed by atoms with Gasteiger partial charge < -0.3 is 25.2 Å². The van der Waals surface area contributed by atoms with E-state index in [1.807, 2.05) is 0 Å². The molecule has 25 heavy (non-hydrogen) atoms. The molecule has 6 heteroatoms. The van der Waals surface area contributed by atoms with Gasteiger partial charge in [0.05, 0.1) is 39.4 Å². The third-order valence-electron chi connectivity index (χ3n) is 5.29. The van der Waals surface area contributed by atoms with E-state index in [0.29, 0.717) is 6.04 Å². The second-order valence-electron chi connectivity index (χ2n) is 7.20. The highest BCUT2D eigenvalue weighted by Crippen LogP contribution is 2.01. The van der Waals surface area contributed by atoms with E-state index in [4.69, 9.17) is 17.0 Å². The Kier molecular flexibility index (Phi) is 7.48. The molecule has 0 amide bonds. The summed E-state index contributed by atoms with van der Waals surface area (Å²) in [5, 5.41) is 7.72. The van der Waals surface area contributed by atoms with Gasteiger partial charge >= 0.3 is 0 Å². The first-order chi connectivity index (χ1) is 12.3. The van der Waals surface area contributed by atoms with Gasteiger partial charge in [-0.25, -0.2) is 0 Å². The molecule has 2 aliphatic rings. The summed E-state index contributed by atoms with van der Waals surface area (Å²) in [4.78, 5) is 3.29. The molecule has 0 saturated carbocycles. The van der Waals surface area contributed by atoms with Crippen molar-refractivity contribution >= 4 is 17.3 Å². The molecule has 0 aromatic heterocycles. The van der Waals surface area contributed by atoms with Crippen LogP contribution in [0, 0.1) is 0 Å². The number of rotatable bonds is 6. The number of morpholine rings is 1. The van der Waals surface area contributed by atoms with Crippen LogP contribution in [-0.2, 0) is 11.3 Å². The molecule has 138 valence electrons. The molecule has 0 aliphatic carbocycles. The maximum atomic E-state index is 5.47. The van der Waals surface area contributed by atoms with E-state index in [1.165, 1.54) is 31.5 Å².